The Bertz CT molecular complexity index is 870. The topological polar surface area (TPSA) is 57.4 Å². The third kappa shape index (κ3) is 2.23. The van der Waals surface area contributed by atoms with Gasteiger partial charge in [0, 0.05) is 18.4 Å². The van der Waals surface area contributed by atoms with Crippen LogP contribution in [0.2, 0.25) is 0 Å². The van der Waals surface area contributed by atoms with Crippen LogP contribution in [0.3, 0.4) is 0 Å². The largest absolute Gasteiger partial charge is 0.488 e. The predicted octanol–water partition coefficient (Wildman–Crippen LogP) is 3.79. The molecule has 1 aliphatic heterocycles. The molecule has 1 aromatic carbocycles. The zero-order valence-corrected chi connectivity index (χ0v) is 13.3. The number of para-hydroxylation sites is 1. The highest BCUT2D eigenvalue weighted by atomic mass is 16.5. The van der Waals surface area contributed by atoms with Crippen LogP contribution in [0, 0.1) is 0 Å². The standard InChI is InChI=1S/C18H18N2O3/c1-3-14-19-15-12(18(20-14)21-4-2)9-10-22-16-11-7-5-6-8-13(11)23-17(15)16/h5-8H,3-4,9-10H2,1-2H3. The molecule has 0 radical (unpaired) electrons. The van der Waals surface area contributed by atoms with Gasteiger partial charge in [0.2, 0.25) is 5.88 Å². The van der Waals surface area contributed by atoms with Crippen molar-refractivity contribution < 1.29 is 13.9 Å². The van der Waals surface area contributed by atoms with E-state index in [-0.39, 0.29) is 0 Å². The molecule has 0 saturated heterocycles. The van der Waals surface area contributed by atoms with Gasteiger partial charge in [-0.15, -0.1) is 0 Å². The molecular formula is C18H18N2O3. The number of nitrogens with zero attached hydrogens (tertiary/aromatic N) is 2. The molecule has 0 unspecified atom stereocenters. The van der Waals surface area contributed by atoms with Crippen molar-refractivity contribution in [3.05, 3.63) is 35.7 Å². The van der Waals surface area contributed by atoms with E-state index >= 15 is 0 Å². The summed E-state index contributed by atoms with van der Waals surface area (Å²) in [5.41, 5.74) is 2.56. The summed E-state index contributed by atoms with van der Waals surface area (Å²) in [6.07, 6.45) is 1.44. The second kappa shape index (κ2) is 5.57. The van der Waals surface area contributed by atoms with Crippen LogP contribution in [-0.4, -0.2) is 23.2 Å². The van der Waals surface area contributed by atoms with Crippen molar-refractivity contribution in [1.82, 2.24) is 9.97 Å². The third-order valence-electron chi connectivity index (χ3n) is 3.98. The van der Waals surface area contributed by atoms with Crippen LogP contribution < -0.4 is 9.47 Å². The Labute approximate surface area is 134 Å². The lowest BCUT2D eigenvalue weighted by atomic mass is 10.1. The Kier molecular flexibility index (Phi) is 3.41. The summed E-state index contributed by atoms with van der Waals surface area (Å²) < 4.78 is 17.8. The van der Waals surface area contributed by atoms with E-state index < -0.39 is 0 Å². The molecule has 3 heterocycles. The van der Waals surface area contributed by atoms with E-state index in [1.165, 1.54) is 0 Å². The molecule has 0 fully saturated rings. The molecule has 0 spiro atoms. The van der Waals surface area contributed by atoms with Crippen molar-refractivity contribution in [1.29, 1.82) is 0 Å². The number of ether oxygens (including phenoxy) is 2. The average molecular weight is 310 g/mol. The molecule has 5 heteroatoms. The molecule has 2 aromatic heterocycles. The smallest absolute Gasteiger partial charge is 0.220 e. The van der Waals surface area contributed by atoms with Gasteiger partial charge in [-0.3, -0.25) is 0 Å². The van der Waals surface area contributed by atoms with Crippen LogP contribution in [0.25, 0.3) is 22.4 Å². The summed E-state index contributed by atoms with van der Waals surface area (Å²) in [6, 6.07) is 7.89. The van der Waals surface area contributed by atoms with Gasteiger partial charge in [0.15, 0.2) is 11.5 Å². The maximum Gasteiger partial charge on any atom is 0.220 e. The first-order valence-electron chi connectivity index (χ1n) is 7.99. The fourth-order valence-corrected chi connectivity index (χ4v) is 2.91. The van der Waals surface area contributed by atoms with Crippen molar-refractivity contribution in [3.8, 4) is 23.1 Å². The van der Waals surface area contributed by atoms with E-state index in [4.69, 9.17) is 18.9 Å². The number of aryl methyl sites for hydroxylation is 1. The lowest BCUT2D eigenvalue weighted by Crippen LogP contribution is -2.08. The number of hydrogen-bond donors (Lipinski definition) is 0. The SMILES string of the molecule is CCOc1nc(CC)nc2c1CCOc1c-2oc2ccccc12. The Hall–Kier alpha value is -2.56. The molecule has 0 atom stereocenters. The first kappa shape index (κ1) is 14.1. The molecule has 0 amide bonds. The molecule has 4 rings (SSSR count). The summed E-state index contributed by atoms with van der Waals surface area (Å²) >= 11 is 0. The van der Waals surface area contributed by atoms with E-state index in [0.29, 0.717) is 31.3 Å². The van der Waals surface area contributed by atoms with Crippen molar-refractivity contribution in [2.45, 2.75) is 26.7 Å². The highest BCUT2D eigenvalue weighted by Gasteiger charge is 2.27. The zero-order chi connectivity index (χ0) is 15.8. The van der Waals surface area contributed by atoms with Gasteiger partial charge in [-0.05, 0) is 19.1 Å². The summed E-state index contributed by atoms with van der Waals surface area (Å²) in [7, 11) is 0. The van der Waals surface area contributed by atoms with Crippen LogP contribution in [-0.2, 0) is 12.8 Å². The first-order valence-corrected chi connectivity index (χ1v) is 7.99. The molecule has 0 aliphatic carbocycles. The molecule has 3 aromatic rings. The molecule has 118 valence electrons. The Morgan fingerprint density at radius 1 is 1.17 bits per heavy atom. The maximum atomic E-state index is 6.06. The van der Waals surface area contributed by atoms with Gasteiger partial charge in [0.05, 0.1) is 18.6 Å². The minimum atomic E-state index is 0.554. The van der Waals surface area contributed by atoms with E-state index in [1.807, 2.05) is 38.1 Å². The van der Waals surface area contributed by atoms with Gasteiger partial charge < -0.3 is 13.9 Å². The van der Waals surface area contributed by atoms with Crippen LogP contribution >= 0.6 is 0 Å². The highest BCUT2D eigenvalue weighted by Crippen LogP contribution is 2.43. The lowest BCUT2D eigenvalue weighted by Gasteiger charge is -2.11. The van der Waals surface area contributed by atoms with Crippen LogP contribution in [0.15, 0.2) is 28.7 Å². The van der Waals surface area contributed by atoms with Crippen molar-refractivity contribution in [2.75, 3.05) is 13.2 Å². The average Bonchev–Trinajstić information content (AvgIpc) is 2.85. The van der Waals surface area contributed by atoms with Crippen LogP contribution in [0.1, 0.15) is 25.2 Å². The lowest BCUT2D eigenvalue weighted by molar-refractivity contribution is 0.308. The molecular weight excluding hydrogens is 292 g/mol. The monoisotopic (exact) mass is 310 g/mol. The van der Waals surface area contributed by atoms with Crippen LogP contribution in [0.4, 0.5) is 0 Å². The molecule has 5 nitrogen and oxygen atoms in total. The van der Waals surface area contributed by atoms with E-state index in [0.717, 1.165) is 40.2 Å². The second-order valence-electron chi connectivity index (χ2n) is 5.41. The highest BCUT2D eigenvalue weighted by molar-refractivity contribution is 5.91. The fourth-order valence-electron chi connectivity index (χ4n) is 2.91. The van der Waals surface area contributed by atoms with Gasteiger partial charge in [-0.25, -0.2) is 4.98 Å². The van der Waals surface area contributed by atoms with E-state index in [1.54, 1.807) is 0 Å². The number of rotatable bonds is 3. The van der Waals surface area contributed by atoms with Crippen molar-refractivity contribution >= 4 is 11.0 Å². The van der Waals surface area contributed by atoms with Crippen LogP contribution in [0.5, 0.6) is 11.6 Å². The summed E-state index contributed by atoms with van der Waals surface area (Å²) in [5, 5.41) is 0.977. The number of fused-ring (bicyclic) bond motifs is 5. The molecule has 0 N–H and O–H groups in total. The van der Waals surface area contributed by atoms with Gasteiger partial charge >= 0.3 is 0 Å². The number of aromatic nitrogens is 2. The minimum Gasteiger partial charge on any atom is -0.488 e. The van der Waals surface area contributed by atoms with Gasteiger partial charge in [-0.2, -0.15) is 4.98 Å². The number of furan rings is 1. The van der Waals surface area contributed by atoms with Crippen molar-refractivity contribution in [2.24, 2.45) is 0 Å². The molecule has 0 bridgehead atoms. The number of benzene rings is 1. The molecule has 1 aliphatic rings. The third-order valence-corrected chi connectivity index (χ3v) is 3.98. The molecule has 0 saturated carbocycles. The van der Waals surface area contributed by atoms with Gasteiger partial charge in [0.1, 0.15) is 17.1 Å². The quantitative estimate of drug-likeness (QED) is 0.736. The van der Waals surface area contributed by atoms with E-state index in [9.17, 15) is 0 Å². The van der Waals surface area contributed by atoms with Gasteiger partial charge in [-0.1, -0.05) is 19.1 Å². The summed E-state index contributed by atoms with van der Waals surface area (Å²) in [6.45, 7) is 5.11. The first-order chi connectivity index (χ1) is 11.3. The normalized spacial score (nSPS) is 13.1. The maximum absolute atomic E-state index is 6.06. The predicted molar refractivity (Wildman–Crippen MR) is 87.0 cm³/mol. The Morgan fingerprint density at radius 3 is 2.87 bits per heavy atom. The summed E-state index contributed by atoms with van der Waals surface area (Å²) in [4.78, 5) is 9.24. The van der Waals surface area contributed by atoms with Crippen molar-refractivity contribution in [3.63, 3.8) is 0 Å². The Balaban J connectivity index is 2.01. The number of hydrogen-bond acceptors (Lipinski definition) is 5. The minimum absolute atomic E-state index is 0.554. The molecule has 23 heavy (non-hydrogen) atoms. The zero-order valence-electron chi connectivity index (χ0n) is 13.3. The van der Waals surface area contributed by atoms with E-state index in [2.05, 4.69) is 4.98 Å². The fraction of sp³-hybridized carbons (Fsp3) is 0.333. The second-order valence-corrected chi connectivity index (χ2v) is 5.41. The Morgan fingerprint density at radius 2 is 2.04 bits per heavy atom. The summed E-state index contributed by atoms with van der Waals surface area (Å²) in [5.74, 6) is 2.84. The van der Waals surface area contributed by atoms with Gasteiger partial charge in [0.25, 0.3) is 0 Å².